The smallest absolute Gasteiger partial charge is 0.250 e. The highest BCUT2D eigenvalue weighted by atomic mass is 19.2. The Morgan fingerprint density at radius 1 is 1.19 bits per heavy atom. The number of ether oxygens (including phenoxy) is 1. The van der Waals surface area contributed by atoms with Crippen molar-refractivity contribution in [3.63, 3.8) is 0 Å². The molecule has 0 aliphatic carbocycles. The highest BCUT2D eigenvalue weighted by molar-refractivity contribution is 5.98. The second-order valence-electron chi connectivity index (χ2n) is 7.47. The van der Waals surface area contributed by atoms with Gasteiger partial charge in [-0.1, -0.05) is 12.1 Å². The van der Waals surface area contributed by atoms with Gasteiger partial charge in [0.15, 0.2) is 17.5 Å². The summed E-state index contributed by atoms with van der Waals surface area (Å²) in [5.41, 5.74) is 2.51. The van der Waals surface area contributed by atoms with Crippen LogP contribution >= 0.6 is 0 Å². The molecule has 0 saturated carbocycles. The van der Waals surface area contributed by atoms with Gasteiger partial charge in [-0.05, 0) is 67.2 Å². The third-order valence-corrected chi connectivity index (χ3v) is 5.43. The molecule has 1 saturated heterocycles. The van der Waals surface area contributed by atoms with Crippen LogP contribution in [0.5, 0.6) is 5.75 Å². The lowest BCUT2D eigenvalue weighted by Gasteiger charge is -2.36. The molecule has 31 heavy (non-hydrogen) atoms. The fraction of sp³-hybridized carbons (Fsp3) is 0.348. The van der Waals surface area contributed by atoms with Crippen LogP contribution in [0.15, 0.2) is 35.9 Å². The first kappa shape index (κ1) is 22.8. The molecule has 1 aliphatic rings. The van der Waals surface area contributed by atoms with E-state index in [1.54, 1.807) is 13.2 Å². The Morgan fingerprint density at radius 3 is 2.55 bits per heavy atom. The molecular formula is C23H25F3N2O3. The first-order valence-electron chi connectivity index (χ1n) is 9.98. The number of nitrogens with zero attached hydrogens (tertiary/aromatic N) is 1. The Bertz CT molecular complexity index is 971. The monoisotopic (exact) mass is 434 g/mol. The summed E-state index contributed by atoms with van der Waals surface area (Å²) >= 11 is 0. The van der Waals surface area contributed by atoms with Crippen molar-refractivity contribution in [1.29, 1.82) is 0 Å². The highest BCUT2D eigenvalue weighted by Crippen LogP contribution is 2.33. The Balaban J connectivity index is 1.94. The van der Waals surface area contributed by atoms with Crippen LogP contribution in [0, 0.1) is 24.4 Å². The van der Waals surface area contributed by atoms with Crippen LogP contribution in [0.25, 0.3) is 6.08 Å². The molecule has 5 nitrogen and oxygen atoms in total. The number of carbonyl (C=O) groups excluding carboxylic acids is 1. The molecule has 2 N–H and O–H groups in total. The largest absolute Gasteiger partial charge is 0.496 e. The van der Waals surface area contributed by atoms with Crippen LogP contribution in [-0.2, 0) is 9.63 Å². The van der Waals surface area contributed by atoms with Crippen molar-refractivity contribution in [2.45, 2.75) is 32.2 Å². The molecule has 1 heterocycles. The van der Waals surface area contributed by atoms with Crippen molar-refractivity contribution in [1.82, 2.24) is 4.90 Å². The van der Waals surface area contributed by atoms with Crippen LogP contribution < -0.4 is 10.6 Å². The predicted molar refractivity (Wildman–Crippen MR) is 110 cm³/mol. The predicted octanol–water partition coefficient (Wildman–Crippen LogP) is 4.45. The molecule has 0 bridgehead atoms. The molecule has 0 spiro atoms. The number of methoxy groups -OCH3 is 1. The fourth-order valence-corrected chi connectivity index (χ4v) is 3.84. The van der Waals surface area contributed by atoms with Gasteiger partial charge in [0, 0.05) is 12.1 Å². The molecule has 2 aromatic carbocycles. The summed E-state index contributed by atoms with van der Waals surface area (Å²) in [4.78, 5) is 19.4. The van der Waals surface area contributed by atoms with Gasteiger partial charge in [-0.25, -0.2) is 19.1 Å². The van der Waals surface area contributed by atoms with E-state index >= 15 is 0 Å². The van der Waals surface area contributed by atoms with E-state index in [4.69, 9.17) is 10.6 Å². The summed E-state index contributed by atoms with van der Waals surface area (Å²) in [5.74, 6) is 1.44. The lowest BCUT2D eigenvalue weighted by Crippen LogP contribution is -2.40. The molecule has 1 unspecified atom stereocenters. The molecule has 1 fully saturated rings. The van der Waals surface area contributed by atoms with Crippen molar-refractivity contribution in [2.75, 3.05) is 20.3 Å². The minimum Gasteiger partial charge on any atom is -0.496 e. The maximum Gasteiger partial charge on any atom is 0.250 e. The van der Waals surface area contributed by atoms with Gasteiger partial charge in [0.2, 0.25) is 5.91 Å². The standard InChI is InChI=1S/C23H25F3N2O3/c1-14-5-6-15(11-21(14)30-2)10-16-4-3-8-28(23(16)29)20(7-9-31-27)17-12-18(24)22(26)19(25)13-17/h5-6,10-13,20H,3-4,7-9,27H2,1-2H3. The number of carbonyl (C=O) groups is 1. The van der Waals surface area contributed by atoms with Crippen LogP contribution in [0.1, 0.15) is 42.0 Å². The number of rotatable bonds is 7. The molecule has 0 radical (unpaired) electrons. The van der Waals surface area contributed by atoms with E-state index < -0.39 is 23.5 Å². The third-order valence-electron chi connectivity index (χ3n) is 5.43. The number of hydrogen-bond acceptors (Lipinski definition) is 4. The summed E-state index contributed by atoms with van der Waals surface area (Å²) < 4.78 is 46.5. The fourth-order valence-electron chi connectivity index (χ4n) is 3.84. The van der Waals surface area contributed by atoms with E-state index in [2.05, 4.69) is 4.84 Å². The number of likely N-dealkylation sites (tertiary alicyclic amines) is 1. The minimum atomic E-state index is -1.54. The molecule has 0 aromatic heterocycles. The van der Waals surface area contributed by atoms with Gasteiger partial charge in [0.25, 0.3) is 0 Å². The normalized spacial score (nSPS) is 16.6. The van der Waals surface area contributed by atoms with E-state index in [0.717, 1.165) is 23.3 Å². The molecule has 166 valence electrons. The van der Waals surface area contributed by atoms with E-state index in [9.17, 15) is 18.0 Å². The van der Waals surface area contributed by atoms with Crippen LogP contribution in [-0.4, -0.2) is 31.1 Å². The summed E-state index contributed by atoms with van der Waals surface area (Å²) in [6, 6.07) is 6.75. The zero-order valence-corrected chi connectivity index (χ0v) is 17.5. The van der Waals surface area contributed by atoms with Crippen molar-refractivity contribution < 1.29 is 27.5 Å². The maximum absolute atomic E-state index is 13.9. The number of benzene rings is 2. The van der Waals surface area contributed by atoms with E-state index in [-0.39, 0.29) is 24.5 Å². The van der Waals surface area contributed by atoms with E-state index in [1.807, 2.05) is 25.1 Å². The van der Waals surface area contributed by atoms with Crippen LogP contribution in [0.2, 0.25) is 0 Å². The van der Waals surface area contributed by atoms with Gasteiger partial charge in [0.1, 0.15) is 5.75 Å². The SMILES string of the molecule is COc1cc(C=C2CCCN(C(CCON)c3cc(F)c(F)c(F)c3)C2=O)ccc1C. The average molecular weight is 434 g/mol. The number of halogens is 3. The molecule has 1 amide bonds. The minimum absolute atomic E-state index is 0.0588. The third kappa shape index (κ3) is 5.08. The number of amides is 1. The Labute approximate surface area is 179 Å². The van der Waals surface area contributed by atoms with E-state index in [1.165, 1.54) is 4.90 Å². The topological polar surface area (TPSA) is 64.8 Å². The lowest BCUT2D eigenvalue weighted by atomic mass is 9.95. The van der Waals surface area contributed by atoms with Crippen LogP contribution in [0.4, 0.5) is 13.2 Å². The maximum atomic E-state index is 13.9. The summed E-state index contributed by atoms with van der Waals surface area (Å²) in [7, 11) is 1.58. The van der Waals surface area contributed by atoms with Gasteiger partial charge in [0.05, 0.1) is 19.8 Å². The number of piperidine rings is 1. The van der Waals surface area contributed by atoms with Gasteiger partial charge in [-0.2, -0.15) is 0 Å². The zero-order valence-electron chi connectivity index (χ0n) is 17.5. The van der Waals surface area contributed by atoms with Crippen molar-refractivity contribution >= 4 is 12.0 Å². The summed E-state index contributed by atoms with van der Waals surface area (Å²) in [5, 5.41) is 0. The zero-order chi connectivity index (χ0) is 22.5. The van der Waals surface area contributed by atoms with Crippen molar-refractivity contribution in [3.05, 3.63) is 70.0 Å². The van der Waals surface area contributed by atoms with Gasteiger partial charge < -0.3 is 14.5 Å². The molecule has 1 atom stereocenters. The van der Waals surface area contributed by atoms with E-state index in [0.29, 0.717) is 30.7 Å². The number of aryl methyl sites for hydroxylation is 1. The quantitative estimate of drug-likeness (QED) is 0.397. The highest BCUT2D eigenvalue weighted by Gasteiger charge is 2.31. The molecule has 8 heteroatoms. The number of hydrogen-bond donors (Lipinski definition) is 1. The Kier molecular flexibility index (Phi) is 7.35. The van der Waals surface area contributed by atoms with Crippen LogP contribution in [0.3, 0.4) is 0 Å². The summed E-state index contributed by atoms with van der Waals surface area (Å²) in [6.45, 7) is 2.38. The average Bonchev–Trinajstić information content (AvgIpc) is 2.75. The lowest BCUT2D eigenvalue weighted by molar-refractivity contribution is -0.131. The number of nitrogens with two attached hydrogens (primary N) is 1. The van der Waals surface area contributed by atoms with Gasteiger partial charge in [-0.3, -0.25) is 4.79 Å². The Hall–Kier alpha value is -2.84. The van der Waals surface area contributed by atoms with Crippen molar-refractivity contribution in [3.8, 4) is 5.75 Å². The van der Waals surface area contributed by atoms with Gasteiger partial charge in [-0.15, -0.1) is 0 Å². The first-order chi connectivity index (χ1) is 14.8. The molecule has 1 aliphatic heterocycles. The Morgan fingerprint density at radius 2 is 1.90 bits per heavy atom. The van der Waals surface area contributed by atoms with Crippen molar-refractivity contribution in [2.24, 2.45) is 5.90 Å². The molecule has 3 rings (SSSR count). The molecule has 2 aromatic rings. The summed E-state index contributed by atoms with van der Waals surface area (Å²) in [6.07, 6.45) is 3.24. The molecular weight excluding hydrogens is 409 g/mol. The van der Waals surface area contributed by atoms with Gasteiger partial charge >= 0.3 is 0 Å². The second-order valence-corrected chi connectivity index (χ2v) is 7.47. The first-order valence-corrected chi connectivity index (χ1v) is 9.98. The second kappa shape index (κ2) is 9.98.